The van der Waals surface area contributed by atoms with Crippen molar-refractivity contribution >= 4 is 21.6 Å². The van der Waals surface area contributed by atoms with Crippen LogP contribution in [0.5, 0.6) is 0 Å². The molecule has 5 nitrogen and oxygen atoms in total. The number of methoxy groups -OCH3 is 1. The number of rotatable bonds is 6. The lowest BCUT2D eigenvalue weighted by molar-refractivity contribution is 0.139. The molecule has 96 valence electrons. The maximum Gasteiger partial charge on any atom is 0.241 e. The predicted molar refractivity (Wildman–Crippen MR) is 64.5 cm³/mol. The van der Waals surface area contributed by atoms with Gasteiger partial charge in [-0.05, 0) is 18.2 Å². The van der Waals surface area contributed by atoms with Crippen LogP contribution < -0.4 is 4.72 Å². The summed E-state index contributed by atoms with van der Waals surface area (Å²) in [5, 5.41) is 9.32. The summed E-state index contributed by atoms with van der Waals surface area (Å²) in [6, 6.07) is 5.21. The molecule has 0 aliphatic carbocycles. The van der Waals surface area contributed by atoms with Gasteiger partial charge in [0.1, 0.15) is 0 Å². The number of hydrogen-bond donors (Lipinski definition) is 2. The van der Waals surface area contributed by atoms with Crippen molar-refractivity contribution in [1.82, 2.24) is 4.72 Å². The zero-order chi connectivity index (χ0) is 12.9. The van der Waals surface area contributed by atoms with Crippen molar-refractivity contribution < 1.29 is 18.3 Å². The van der Waals surface area contributed by atoms with Gasteiger partial charge in [-0.2, -0.15) is 0 Å². The van der Waals surface area contributed by atoms with E-state index in [1.54, 1.807) is 12.1 Å². The van der Waals surface area contributed by atoms with E-state index in [9.17, 15) is 8.42 Å². The van der Waals surface area contributed by atoms with Crippen LogP contribution in [0.15, 0.2) is 29.2 Å². The Balaban J connectivity index is 2.88. The molecule has 0 radical (unpaired) electrons. The zero-order valence-electron chi connectivity index (χ0n) is 9.26. The van der Waals surface area contributed by atoms with Gasteiger partial charge in [-0.15, -0.1) is 0 Å². The van der Waals surface area contributed by atoms with Gasteiger partial charge in [0.25, 0.3) is 0 Å². The van der Waals surface area contributed by atoms with E-state index >= 15 is 0 Å². The van der Waals surface area contributed by atoms with E-state index in [0.717, 1.165) is 0 Å². The number of aliphatic hydroxyl groups is 1. The third-order valence-corrected chi connectivity index (χ3v) is 3.77. The van der Waals surface area contributed by atoms with Gasteiger partial charge in [-0.1, -0.05) is 17.7 Å². The summed E-state index contributed by atoms with van der Waals surface area (Å²) >= 11 is 5.72. The molecule has 7 heteroatoms. The Labute approximate surface area is 105 Å². The molecule has 1 rings (SSSR count). The highest BCUT2D eigenvalue weighted by molar-refractivity contribution is 7.89. The number of hydrogen-bond acceptors (Lipinski definition) is 4. The second kappa shape index (κ2) is 6.32. The molecule has 1 aromatic rings. The highest BCUT2D eigenvalue weighted by atomic mass is 35.5. The van der Waals surface area contributed by atoms with E-state index in [2.05, 4.69) is 4.72 Å². The van der Waals surface area contributed by atoms with E-state index in [1.807, 2.05) is 0 Å². The van der Waals surface area contributed by atoms with Gasteiger partial charge >= 0.3 is 0 Å². The largest absolute Gasteiger partial charge is 0.395 e. The number of benzene rings is 1. The third kappa shape index (κ3) is 4.25. The lowest BCUT2D eigenvalue weighted by atomic mass is 10.4. The van der Waals surface area contributed by atoms with Gasteiger partial charge < -0.3 is 9.84 Å². The number of halogens is 1. The number of nitrogens with one attached hydrogen (secondary N) is 1. The van der Waals surface area contributed by atoms with Gasteiger partial charge in [0.05, 0.1) is 24.2 Å². The summed E-state index contributed by atoms with van der Waals surface area (Å²) < 4.78 is 30.9. The van der Waals surface area contributed by atoms with E-state index in [0.29, 0.717) is 5.02 Å². The van der Waals surface area contributed by atoms with Crippen LogP contribution in [0, 0.1) is 0 Å². The maximum absolute atomic E-state index is 11.9. The van der Waals surface area contributed by atoms with Gasteiger partial charge in [-0.25, -0.2) is 13.1 Å². The Morgan fingerprint density at radius 1 is 1.53 bits per heavy atom. The Bertz CT molecular complexity index is 463. The van der Waals surface area contributed by atoms with Crippen molar-refractivity contribution in [3.8, 4) is 0 Å². The minimum Gasteiger partial charge on any atom is -0.395 e. The highest BCUT2D eigenvalue weighted by Crippen LogP contribution is 2.15. The van der Waals surface area contributed by atoms with Crippen molar-refractivity contribution in [1.29, 1.82) is 0 Å². The van der Waals surface area contributed by atoms with Crippen molar-refractivity contribution in [2.45, 2.75) is 10.9 Å². The Kier molecular flexibility index (Phi) is 5.35. The molecular formula is C10H14ClNO4S. The molecule has 1 unspecified atom stereocenters. The minimum atomic E-state index is -3.69. The van der Waals surface area contributed by atoms with Gasteiger partial charge in [0, 0.05) is 12.1 Å². The van der Waals surface area contributed by atoms with Gasteiger partial charge in [-0.3, -0.25) is 0 Å². The molecule has 17 heavy (non-hydrogen) atoms. The van der Waals surface area contributed by atoms with Crippen LogP contribution in [0.1, 0.15) is 0 Å². The first-order valence-corrected chi connectivity index (χ1v) is 6.73. The number of aliphatic hydroxyl groups excluding tert-OH is 1. The van der Waals surface area contributed by atoms with Crippen LogP contribution in [0.4, 0.5) is 0 Å². The highest BCUT2D eigenvalue weighted by Gasteiger charge is 2.19. The van der Waals surface area contributed by atoms with Crippen LogP contribution in [0.25, 0.3) is 0 Å². The average Bonchev–Trinajstić information content (AvgIpc) is 2.28. The summed E-state index contributed by atoms with van der Waals surface area (Å²) in [4.78, 5) is 0.0551. The Morgan fingerprint density at radius 2 is 2.24 bits per heavy atom. The van der Waals surface area contributed by atoms with Crippen LogP contribution >= 0.6 is 11.6 Å². The predicted octanol–water partition coefficient (Wildman–Crippen LogP) is 0.626. The van der Waals surface area contributed by atoms with E-state index in [4.69, 9.17) is 21.4 Å². The Hall–Kier alpha value is -0.660. The fourth-order valence-electron chi connectivity index (χ4n) is 1.25. The molecule has 0 spiro atoms. The molecule has 0 aliphatic rings. The molecule has 0 heterocycles. The number of ether oxygens (including phenoxy) is 1. The molecule has 0 aliphatic heterocycles. The first-order chi connectivity index (χ1) is 7.99. The summed E-state index contributed by atoms with van der Waals surface area (Å²) in [6.07, 6.45) is 0. The quantitative estimate of drug-likeness (QED) is 0.801. The van der Waals surface area contributed by atoms with E-state index in [-0.39, 0.29) is 18.1 Å². The van der Waals surface area contributed by atoms with E-state index in [1.165, 1.54) is 19.2 Å². The van der Waals surface area contributed by atoms with Crippen molar-refractivity contribution in [2.24, 2.45) is 0 Å². The normalized spacial score (nSPS) is 13.6. The molecule has 1 aromatic carbocycles. The topological polar surface area (TPSA) is 75.6 Å². The van der Waals surface area contributed by atoms with Crippen molar-refractivity contribution in [3.05, 3.63) is 29.3 Å². The molecule has 2 N–H and O–H groups in total. The second-order valence-corrected chi connectivity index (χ2v) is 5.56. The SMILES string of the molecule is COCC(CO)NS(=O)(=O)c1cccc(Cl)c1. The molecule has 0 saturated carbocycles. The van der Waals surface area contributed by atoms with Gasteiger partial charge in [0.15, 0.2) is 0 Å². The molecule has 0 aromatic heterocycles. The first-order valence-electron chi connectivity index (χ1n) is 4.87. The summed E-state index contributed by atoms with van der Waals surface area (Å²) in [6.45, 7) is -0.246. The molecule has 0 amide bonds. The Morgan fingerprint density at radius 3 is 2.76 bits per heavy atom. The maximum atomic E-state index is 11.9. The summed E-state index contributed by atoms with van der Waals surface area (Å²) in [5.41, 5.74) is 0. The van der Waals surface area contributed by atoms with Crippen LogP contribution in [0.2, 0.25) is 5.02 Å². The first kappa shape index (κ1) is 14.4. The zero-order valence-corrected chi connectivity index (χ0v) is 10.8. The standard InChI is InChI=1S/C10H14ClNO4S/c1-16-7-9(6-13)12-17(14,15)10-4-2-3-8(11)5-10/h2-5,9,12-13H,6-7H2,1H3. The average molecular weight is 280 g/mol. The van der Waals surface area contributed by atoms with Gasteiger partial charge in [0.2, 0.25) is 10.0 Å². The molecule has 1 atom stereocenters. The molecular weight excluding hydrogens is 266 g/mol. The monoisotopic (exact) mass is 279 g/mol. The second-order valence-electron chi connectivity index (χ2n) is 3.41. The third-order valence-electron chi connectivity index (χ3n) is 2.02. The number of sulfonamides is 1. The summed E-state index contributed by atoms with van der Waals surface area (Å²) in [5.74, 6) is 0. The van der Waals surface area contributed by atoms with Crippen molar-refractivity contribution in [3.63, 3.8) is 0 Å². The van der Waals surface area contributed by atoms with Crippen molar-refractivity contribution in [2.75, 3.05) is 20.3 Å². The van der Waals surface area contributed by atoms with E-state index < -0.39 is 16.1 Å². The molecule has 0 saturated heterocycles. The lowest BCUT2D eigenvalue weighted by Crippen LogP contribution is -2.40. The molecule has 0 bridgehead atoms. The molecule has 0 fully saturated rings. The minimum absolute atomic E-state index is 0.0551. The smallest absolute Gasteiger partial charge is 0.241 e. The lowest BCUT2D eigenvalue weighted by Gasteiger charge is -2.15. The fraction of sp³-hybridized carbons (Fsp3) is 0.400. The van der Waals surface area contributed by atoms with Crippen LogP contribution in [-0.2, 0) is 14.8 Å². The summed E-state index contributed by atoms with van der Waals surface area (Å²) in [7, 11) is -2.26. The fourth-order valence-corrected chi connectivity index (χ4v) is 2.76. The van der Waals surface area contributed by atoms with Crippen LogP contribution in [-0.4, -0.2) is 39.9 Å². The van der Waals surface area contributed by atoms with Crippen LogP contribution in [0.3, 0.4) is 0 Å².